The molecule has 27 heavy (non-hydrogen) atoms. The van der Waals surface area contributed by atoms with Crippen molar-refractivity contribution in [3.63, 3.8) is 0 Å². The van der Waals surface area contributed by atoms with Gasteiger partial charge in [-0.25, -0.2) is 4.79 Å². The molecule has 2 aromatic rings. The summed E-state index contributed by atoms with van der Waals surface area (Å²) in [4.78, 5) is 13.1. The van der Waals surface area contributed by atoms with Gasteiger partial charge >= 0.3 is 5.97 Å². The van der Waals surface area contributed by atoms with Gasteiger partial charge in [-0.3, -0.25) is 0 Å². The van der Waals surface area contributed by atoms with E-state index in [1.165, 1.54) is 11.1 Å². The lowest BCUT2D eigenvalue weighted by atomic mass is 9.94. The molecule has 2 N–H and O–H groups in total. The lowest BCUT2D eigenvalue weighted by Gasteiger charge is -2.29. The molecule has 9 heteroatoms. The third-order valence-corrected chi connectivity index (χ3v) is 5.72. The normalized spacial score (nSPS) is 20.1. The smallest absolute Gasteiger partial charge is 0.338 e. The number of ether oxygens (including phenoxy) is 1. The lowest BCUT2D eigenvalue weighted by Crippen LogP contribution is -2.32. The summed E-state index contributed by atoms with van der Waals surface area (Å²) >= 11 is 3.29. The van der Waals surface area contributed by atoms with Crippen LogP contribution in [0.15, 0.2) is 33.9 Å². The number of anilines is 1. The number of carbonyl (C=O) groups excluding carboxylic acids is 1. The van der Waals surface area contributed by atoms with E-state index in [4.69, 9.17) is 4.74 Å². The Labute approximate surface area is 164 Å². The average molecular weight is 434 g/mol. The van der Waals surface area contributed by atoms with Crippen LogP contribution in [-0.4, -0.2) is 37.4 Å². The topological polar surface area (TPSA) is 102 Å². The summed E-state index contributed by atoms with van der Waals surface area (Å²) < 4.78 is 7.92. The number of carbonyl (C=O) groups is 1. The molecule has 1 aliphatic heterocycles. The van der Waals surface area contributed by atoms with Crippen molar-refractivity contribution in [1.29, 1.82) is 0 Å². The van der Waals surface area contributed by atoms with Gasteiger partial charge in [-0.15, -0.1) is 0 Å². The Bertz CT molecular complexity index is 904. The first-order valence-corrected chi connectivity index (χ1v) is 9.79. The fourth-order valence-corrected chi connectivity index (χ4v) is 3.93. The molecular weight excluding hydrogens is 414 g/mol. The summed E-state index contributed by atoms with van der Waals surface area (Å²) in [5, 5.41) is 24.9. The molecule has 0 bridgehead atoms. The molecule has 2 aliphatic rings. The van der Waals surface area contributed by atoms with Gasteiger partial charge in [-0.1, -0.05) is 17.6 Å². The molecule has 1 unspecified atom stereocenters. The average Bonchev–Trinajstić information content (AvgIpc) is 3.11. The highest BCUT2D eigenvalue weighted by molar-refractivity contribution is 9.10. The number of benzene rings is 1. The van der Waals surface area contributed by atoms with Crippen molar-refractivity contribution >= 4 is 27.8 Å². The van der Waals surface area contributed by atoms with Gasteiger partial charge in [0.05, 0.1) is 10.0 Å². The van der Waals surface area contributed by atoms with Crippen LogP contribution in [0.4, 0.5) is 5.95 Å². The summed E-state index contributed by atoms with van der Waals surface area (Å²) in [6.45, 7) is 1.81. The molecule has 2 heterocycles. The van der Waals surface area contributed by atoms with Gasteiger partial charge < -0.3 is 15.2 Å². The van der Waals surface area contributed by atoms with Gasteiger partial charge in [0.2, 0.25) is 5.95 Å². The van der Waals surface area contributed by atoms with Crippen molar-refractivity contribution in [1.82, 2.24) is 20.2 Å². The quantitative estimate of drug-likeness (QED) is 0.715. The third-order valence-electron chi connectivity index (χ3n) is 5.05. The van der Waals surface area contributed by atoms with Crippen LogP contribution in [0.2, 0.25) is 0 Å². The number of hydrogen-bond donors (Lipinski definition) is 2. The van der Waals surface area contributed by atoms with E-state index in [1.807, 2.05) is 6.07 Å². The number of phenols is 1. The zero-order valence-corrected chi connectivity index (χ0v) is 16.4. The van der Waals surface area contributed by atoms with E-state index >= 15 is 0 Å². The fourth-order valence-electron chi connectivity index (χ4n) is 3.68. The molecule has 4 rings (SSSR count). The molecule has 1 atom stereocenters. The first kappa shape index (κ1) is 18.0. The monoisotopic (exact) mass is 433 g/mol. The third kappa shape index (κ3) is 3.43. The maximum atomic E-state index is 13.1. The maximum Gasteiger partial charge on any atom is 0.338 e. The van der Waals surface area contributed by atoms with E-state index in [0.29, 0.717) is 27.3 Å². The zero-order valence-electron chi connectivity index (χ0n) is 14.9. The summed E-state index contributed by atoms with van der Waals surface area (Å²) in [5.41, 5.74) is 1.79. The van der Waals surface area contributed by atoms with Gasteiger partial charge in [0, 0.05) is 5.70 Å². The lowest BCUT2D eigenvalue weighted by molar-refractivity contribution is -0.146. The maximum absolute atomic E-state index is 13.1. The molecule has 1 aromatic carbocycles. The number of fused-ring (bicyclic) bond motifs is 1. The van der Waals surface area contributed by atoms with E-state index < -0.39 is 6.04 Å². The number of nitrogens with one attached hydrogen (secondary N) is 1. The van der Waals surface area contributed by atoms with Crippen LogP contribution in [0.3, 0.4) is 0 Å². The van der Waals surface area contributed by atoms with Gasteiger partial charge in [0.15, 0.2) is 0 Å². The number of nitrogens with zero attached hydrogens (tertiary/aromatic N) is 4. The van der Waals surface area contributed by atoms with Crippen molar-refractivity contribution in [2.45, 2.75) is 51.2 Å². The van der Waals surface area contributed by atoms with Gasteiger partial charge in [0.25, 0.3) is 0 Å². The van der Waals surface area contributed by atoms with Crippen molar-refractivity contribution in [2.24, 2.45) is 0 Å². The number of rotatable bonds is 3. The van der Waals surface area contributed by atoms with Crippen LogP contribution in [-0.2, 0) is 9.53 Å². The van der Waals surface area contributed by atoms with Crippen LogP contribution < -0.4 is 5.32 Å². The van der Waals surface area contributed by atoms with E-state index in [-0.39, 0.29) is 17.8 Å². The highest BCUT2D eigenvalue weighted by Crippen LogP contribution is 2.38. The van der Waals surface area contributed by atoms with Gasteiger partial charge in [0.1, 0.15) is 17.9 Å². The number of aromatic hydroxyl groups is 1. The van der Waals surface area contributed by atoms with E-state index in [9.17, 15) is 9.90 Å². The van der Waals surface area contributed by atoms with Crippen molar-refractivity contribution < 1.29 is 14.6 Å². The Balaban J connectivity index is 1.72. The Kier molecular flexibility index (Phi) is 4.86. The highest BCUT2D eigenvalue weighted by Gasteiger charge is 2.36. The second-order valence-electron chi connectivity index (χ2n) is 6.89. The van der Waals surface area contributed by atoms with Crippen LogP contribution in [0.1, 0.15) is 50.6 Å². The number of aromatic nitrogens is 4. The number of hydrogen-bond acceptors (Lipinski definition) is 7. The Hall–Kier alpha value is -2.42. The first-order chi connectivity index (χ1) is 13.0. The Morgan fingerprint density at radius 3 is 2.85 bits per heavy atom. The molecule has 1 saturated carbocycles. The van der Waals surface area contributed by atoms with Crippen LogP contribution in [0, 0.1) is 0 Å². The molecular formula is C18H20BrN5O3. The minimum Gasteiger partial charge on any atom is -0.507 e. The SMILES string of the molecule is CC1=C(C(=O)OC2CCCCC2)C(c2ccc(Br)c(O)c2)n2nnnc2N1. The number of tetrazole rings is 1. The van der Waals surface area contributed by atoms with Crippen molar-refractivity contribution in [3.05, 3.63) is 39.5 Å². The predicted octanol–water partition coefficient (Wildman–Crippen LogP) is 3.31. The fraction of sp³-hybridized carbons (Fsp3) is 0.444. The summed E-state index contributed by atoms with van der Waals surface area (Å²) in [5.74, 6) is 0.146. The van der Waals surface area contributed by atoms with E-state index in [2.05, 4.69) is 36.8 Å². The molecule has 1 fully saturated rings. The molecule has 1 aromatic heterocycles. The first-order valence-electron chi connectivity index (χ1n) is 8.99. The summed E-state index contributed by atoms with van der Waals surface area (Å²) in [7, 11) is 0. The minimum absolute atomic E-state index is 0.0548. The van der Waals surface area contributed by atoms with Crippen LogP contribution in [0.25, 0.3) is 0 Å². The highest BCUT2D eigenvalue weighted by atomic mass is 79.9. The number of esters is 1. The number of allylic oxidation sites excluding steroid dienone is 1. The molecule has 0 spiro atoms. The largest absolute Gasteiger partial charge is 0.507 e. The Morgan fingerprint density at radius 1 is 1.33 bits per heavy atom. The zero-order chi connectivity index (χ0) is 19.0. The molecule has 8 nitrogen and oxygen atoms in total. The standard InChI is InChI=1S/C18H20BrN5O3/c1-10-15(17(26)27-12-5-3-2-4-6-12)16(24-18(20-10)21-22-23-24)11-7-8-13(19)14(25)9-11/h7-9,12,16,25H,2-6H2,1H3,(H,20,21,23). The van der Waals surface area contributed by atoms with E-state index in [1.54, 1.807) is 19.1 Å². The molecule has 1 aliphatic carbocycles. The second kappa shape index (κ2) is 7.30. The molecule has 142 valence electrons. The van der Waals surface area contributed by atoms with Crippen LogP contribution in [0.5, 0.6) is 5.75 Å². The number of halogens is 1. The summed E-state index contributed by atoms with van der Waals surface area (Å²) in [6, 6.07) is 4.58. The van der Waals surface area contributed by atoms with Crippen LogP contribution >= 0.6 is 15.9 Å². The van der Waals surface area contributed by atoms with Gasteiger partial charge in [-0.05, 0) is 76.7 Å². The second-order valence-corrected chi connectivity index (χ2v) is 7.74. The van der Waals surface area contributed by atoms with Gasteiger partial charge in [-0.2, -0.15) is 4.68 Å². The predicted molar refractivity (Wildman–Crippen MR) is 101 cm³/mol. The van der Waals surface area contributed by atoms with Crippen molar-refractivity contribution in [3.8, 4) is 5.75 Å². The van der Waals surface area contributed by atoms with Crippen molar-refractivity contribution in [2.75, 3.05) is 5.32 Å². The number of phenolic OH excluding ortho intramolecular Hbond substituents is 1. The minimum atomic E-state index is -0.577. The molecule has 0 amide bonds. The Morgan fingerprint density at radius 2 is 2.11 bits per heavy atom. The summed E-state index contributed by atoms with van der Waals surface area (Å²) in [6.07, 6.45) is 5.08. The molecule has 0 saturated heterocycles. The van der Waals surface area contributed by atoms with E-state index in [0.717, 1.165) is 25.7 Å². The molecule has 0 radical (unpaired) electrons.